The second-order valence-electron chi connectivity index (χ2n) is 9.65. The minimum absolute atomic E-state index is 0.0403. The van der Waals surface area contributed by atoms with Gasteiger partial charge in [0.15, 0.2) is 0 Å². The van der Waals surface area contributed by atoms with E-state index in [4.69, 9.17) is 0 Å². The number of carbonyl (C=O) groups excluding carboxylic acids is 1. The highest BCUT2D eigenvalue weighted by molar-refractivity contribution is 7.89. The van der Waals surface area contributed by atoms with E-state index in [1.807, 2.05) is 19.1 Å². The van der Waals surface area contributed by atoms with Crippen molar-refractivity contribution in [3.05, 3.63) is 89.5 Å². The molecule has 1 N–H and O–H groups in total. The van der Waals surface area contributed by atoms with E-state index in [1.54, 1.807) is 42.5 Å². The summed E-state index contributed by atoms with van der Waals surface area (Å²) in [4.78, 5) is 15.1. The van der Waals surface area contributed by atoms with Crippen LogP contribution in [0.3, 0.4) is 0 Å². The summed E-state index contributed by atoms with van der Waals surface area (Å²) in [6.07, 6.45) is 6.28. The number of anilines is 1. The first-order valence-electron chi connectivity index (χ1n) is 12.5. The van der Waals surface area contributed by atoms with Gasteiger partial charge in [-0.1, -0.05) is 67.3 Å². The van der Waals surface area contributed by atoms with Crippen LogP contribution in [0.25, 0.3) is 0 Å². The summed E-state index contributed by atoms with van der Waals surface area (Å²) in [6.45, 7) is 1.83. The Hall–Kier alpha value is -3.16. The molecular formula is C29H34N2O4S. The molecule has 1 aliphatic rings. The smallest absolute Gasteiger partial charge is 0.243 e. The van der Waals surface area contributed by atoms with Gasteiger partial charge in [-0.2, -0.15) is 4.31 Å². The van der Waals surface area contributed by atoms with Crippen molar-refractivity contribution in [2.75, 3.05) is 18.5 Å². The Balaban J connectivity index is 1.54. The van der Waals surface area contributed by atoms with Crippen LogP contribution in [0.1, 0.15) is 54.7 Å². The summed E-state index contributed by atoms with van der Waals surface area (Å²) in [6, 6.07) is 21.4. The first-order chi connectivity index (χ1) is 17.2. The number of likely N-dealkylation sites (N-methyl/N-ethyl adjacent to an activating group) is 1. The van der Waals surface area contributed by atoms with E-state index in [0.717, 1.165) is 15.4 Å². The Bertz CT molecular complexity index is 1280. The van der Waals surface area contributed by atoms with Crippen LogP contribution < -0.4 is 4.90 Å². The van der Waals surface area contributed by atoms with Gasteiger partial charge in [0.2, 0.25) is 15.9 Å². The lowest BCUT2D eigenvalue weighted by Gasteiger charge is -2.26. The van der Waals surface area contributed by atoms with Crippen LogP contribution in [-0.2, 0) is 21.4 Å². The molecule has 0 radical (unpaired) electrons. The molecule has 0 spiro atoms. The summed E-state index contributed by atoms with van der Waals surface area (Å²) in [5.74, 6) is 0.256. The Kier molecular flexibility index (Phi) is 8.11. The highest BCUT2D eigenvalue weighted by atomic mass is 32.2. The van der Waals surface area contributed by atoms with Crippen molar-refractivity contribution >= 4 is 21.6 Å². The molecular weight excluding hydrogens is 472 g/mol. The number of sulfonamides is 1. The van der Waals surface area contributed by atoms with Crippen LogP contribution >= 0.6 is 0 Å². The number of phenols is 1. The number of hydrogen-bond acceptors (Lipinski definition) is 4. The molecule has 0 aliphatic heterocycles. The summed E-state index contributed by atoms with van der Waals surface area (Å²) >= 11 is 0. The molecule has 4 rings (SSSR count). The lowest BCUT2D eigenvalue weighted by atomic mass is 9.84. The molecule has 7 heteroatoms. The third-order valence-corrected chi connectivity index (χ3v) is 8.74. The number of nitrogens with zero attached hydrogens (tertiary/aromatic N) is 2. The van der Waals surface area contributed by atoms with Crippen molar-refractivity contribution in [2.24, 2.45) is 0 Å². The first kappa shape index (κ1) is 25.9. The molecule has 3 aromatic rings. The molecule has 190 valence electrons. The Morgan fingerprint density at radius 1 is 0.944 bits per heavy atom. The minimum atomic E-state index is -3.83. The molecule has 0 aromatic heterocycles. The van der Waals surface area contributed by atoms with Crippen LogP contribution in [0.5, 0.6) is 5.75 Å². The van der Waals surface area contributed by atoms with Gasteiger partial charge in [-0.05, 0) is 61.1 Å². The van der Waals surface area contributed by atoms with E-state index in [1.165, 1.54) is 55.7 Å². The van der Waals surface area contributed by atoms with Gasteiger partial charge < -0.3 is 10.0 Å². The van der Waals surface area contributed by atoms with Gasteiger partial charge in [0.05, 0.1) is 18.0 Å². The molecule has 0 heterocycles. The molecule has 0 saturated heterocycles. The number of hydrogen-bond donors (Lipinski definition) is 1. The lowest BCUT2D eigenvalue weighted by Crippen LogP contribution is -2.41. The molecule has 3 aromatic carbocycles. The van der Waals surface area contributed by atoms with Gasteiger partial charge in [0, 0.05) is 18.8 Å². The van der Waals surface area contributed by atoms with E-state index in [0.29, 0.717) is 11.6 Å². The zero-order valence-electron chi connectivity index (χ0n) is 20.9. The van der Waals surface area contributed by atoms with Crippen LogP contribution in [-0.4, -0.2) is 37.3 Å². The number of amides is 1. The second kappa shape index (κ2) is 11.3. The average Bonchev–Trinajstić information content (AvgIpc) is 2.88. The maximum Gasteiger partial charge on any atom is 0.243 e. The van der Waals surface area contributed by atoms with Crippen molar-refractivity contribution in [2.45, 2.75) is 56.4 Å². The van der Waals surface area contributed by atoms with Crippen molar-refractivity contribution < 1.29 is 18.3 Å². The summed E-state index contributed by atoms with van der Waals surface area (Å²) in [5.41, 5.74) is 3.74. The van der Waals surface area contributed by atoms with Gasteiger partial charge in [-0.25, -0.2) is 8.42 Å². The van der Waals surface area contributed by atoms with E-state index in [2.05, 4.69) is 12.1 Å². The Morgan fingerprint density at radius 3 is 2.25 bits per heavy atom. The maximum atomic E-state index is 13.5. The first-order valence-corrected chi connectivity index (χ1v) is 13.9. The number of aryl methyl sites for hydroxylation is 1. The van der Waals surface area contributed by atoms with Crippen molar-refractivity contribution in [1.82, 2.24) is 4.31 Å². The van der Waals surface area contributed by atoms with E-state index in [-0.39, 0.29) is 29.6 Å². The molecule has 36 heavy (non-hydrogen) atoms. The number of rotatable bonds is 8. The topological polar surface area (TPSA) is 77.9 Å². The van der Waals surface area contributed by atoms with Crippen LogP contribution in [0.2, 0.25) is 0 Å². The fourth-order valence-corrected chi connectivity index (χ4v) is 5.87. The van der Waals surface area contributed by atoms with Gasteiger partial charge in [-0.15, -0.1) is 0 Å². The minimum Gasteiger partial charge on any atom is -0.508 e. The van der Waals surface area contributed by atoms with Crippen LogP contribution in [0.4, 0.5) is 5.69 Å². The standard InChI is InChI=1S/C29H34N2O4S/c1-22-11-17-28(18-12-22)36(34,35)30(2)21-29(33)31(26-9-6-10-27(32)19-26)20-23-13-15-25(16-14-23)24-7-4-3-5-8-24/h6,9-19,24,32H,3-5,7-8,20-21H2,1-2H3. The van der Waals surface area contributed by atoms with Gasteiger partial charge in [-0.3, -0.25) is 4.79 Å². The number of benzene rings is 3. The van der Waals surface area contributed by atoms with Crippen molar-refractivity contribution in [3.63, 3.8) is 0 Å². The van der Waals surface area contributed by atoms with Gasteiger partial charge >= 0.3 is 0 Å². The third-order valence-electron chi connectivity index (χ3n) is 6.93. The summed E-state index contributed by atoms with van der Waals surface area (Å²) in [5, 5.41) is 10.0. The number of aromatic hydroxyl groups is 1. The van der Waals surface area contributed by atoms with E-state index >= 15 is 0 Å². The molecule has 1 saturated carbocycles. The quantitative estimate of drug-likeness (QED) is 0.431. The SMILES string of the molecule is Cc1ccc(S(=O)(=O)N(C)CC(=O)N(Cc2ccc(C3CCCCC3)cc2)c2cccc(O)c2)cc1. The summed E-state index contributed by atoms with van der Waals surface area (Å²) < 4.78 is 27.2. The second-order valence-corrected chi connectivity index (χ2v) is 11.7. The van der Waals surface area contributed by atoms with E-state index < -0.39 is 10.0 Å². The molecule has 0 bridgehead atoms. The summed E-state index contributed by atoms with van der Waals surface area (Å²) in [7, 11) is -2.42. The highest BCUT2D eigenvalue weighted by Crippen LogP contribution is 2.33. The Morgan fingerprint density at radius 2 is 1.61 bits per heavy atom. The van der Waals surface area contributed by atoms with Gasteiger partial charge in [0.1, 0.15) is 5.75 Å². The zero-order chi connectivity index (χ0) is 25.7. The molecule has 0 atom stereocenters. The average molecular weight is 507 g/mol. The highest BCUT2D eigenvalue weighted by Gasteiger charge is 2.26. The maximum absolute atomic E-state index is 13.5. The predicted octanol–water partition coefficient (Wildman–Crippen LogP) is 5.60. The predicted molar refractivity (Wildman–Crippen MR) is 143 cm³/mol. The van der Waals surface area contributed by atoms with E-state index in [9.17, 15) is 18.3 Å². The van der Waals surface area contributed by atoms with Gasteiger partial charge in [0.25, 0.3) is 0 Å². The lowest BCUT2D eigenvalue weighted by molar-refractivity contribution is -0.118. The van der Waals surface area contributed by atoms with Crippen molar-refractivity contribution in [1.29, 1.82) is 0 Å². The molecule has 1 fully saturated rings. The molecule has 1 amide bonds. The van der Waals surface area contributed by atoms with Crippen LogP contribution in [0, 0.1) is 6.92 Å². The fraction of sp³-hybridized carbons (Fsp3) is 0.345. The molecule has 0 unspecified atom stereocenters. The number of carbonyl (C=O) groups is 1. The molecule has 1 aliphatic carbocycles. The molecule has 6 nitrogen and oxygen atoms in total. The number of phenolic OH excluding ortho intramolecular Hbond substituents is 1. The fourth-order valence-electron chi connectivity index (χ4n) is 4.75. The van der Waals surface area contributed by atoms with Crippen molar-refractivity contribution in [3.8, 4) is 5.75 Å². The normalized spacial score (nSPS) is 14.6. The largest absolute Gasteiger partial charge is 0.508 e. The van der Waals surface area contributed by atoms with Crippen LogP contribution in [0.15, 0.2) is 77.7 Å². The zero-order valence-corrected chi connectivity index (χ0v) is 21.7. The Labute approximate surface area is 214 Å². The monoisotopic (exact) mass is 506 g/mol. The third kappa shape index (κ3) is 6.15.